The highest BCUT2D eigenvalue weighted by Gasteiger charge is 2.21. The van der Waals surface area contributed by atoms with E-state index in [2.05, 4.69) is 23.1 Å². The molecule has 0 unspecified atom stereocenters. The summed E-state index contributed by atoms with van der Waals surface area (Å²) in [6.45, 7) is 3.16. The van der Waals surface area contributed by atoms with Crippen molar-refractivity contribution in [3.63, 3.8) is 0 Å². The summed E-state index contributed by atoms with van der Waals surface area (Å²) in [4.78, 5) is 50.1. The fourth-order valence-corrected chi connectivity index (χ4v) is 3.64. The van der Waals surface area contributed by atoms with E-state index in [4.69, 9.17) is 4.74 Å². The number of carbonyl (C=O) groups excluding carboxylic acids is 4. The molecule has 0 aromatic heterocycles. The van der Waals surface area contributed by atoms with E-state index < -0.39 is 17.7 Å². The number of unbranched alkanes of at least 4 members (excludes halogenated alkanes) is 3. The maximum Gasteiger partial charge on any atom is 0.269 e. The van der Waals surface area contributed by atoms with Crippen LogP contribution in [0.5, 0.6) is 5.75 Å². The van der Waals surface area contributed by atoms with Gasteiger partial charge in [0.15, 0.2) is 0 Å². The molecular formula is C26H32N4O5. The average molecular weight is 481 g/mol. The molecule has 0 aliphatic carbocycles. The third-order valence-electron chi connectivity index (χ3n) is 5.62. The summed E-state index contributed by atoms with van der Waals surface area (Å²) in [5.74, 6) is -0.729. The molecule has 1 saturated heterocycles. The van der Waals surface area contributed by atoms with Gasteiger partial charge in [-0.2, -0.15) is 0 Å². The van der Waals surface area contributed by atoms with Crippen LogP contribution in [0.1, 0.15) is 66.2 Å². The van der Waals surface area contributed by atoms with Gasteiger partial charge < -0.3 is 15.0 Å². The molecule has 9 heteroatoms. The highest BCUT2D eigenvalue weighted by Crippen LogP contribution is 2.21. The lowest BCUT2D eigenvalue weighted by molar-refractivity contribution is -0.121. The van der Waals surface area contributed by atoms with Gasteiger partial charge in [-0.3, -0.25) is 30.0 Å². The van der Waals surface area contributed by atoms with Crippen LogP contribution in [0.15, 0.2) is 48.5 Å². The lowest BCUT2D eigenvalue weighted by Crippen LogP contribution is -2.46. The minimum atomic E-state index is -0.571. The van der Waals surface area contributed by atoms with Crippen molar-refractivity contribution in [2.24, 2.45) is 0 Å². The van der Waals surface area contributed by atoms with Crippen molar-refractivity contribution in [3.05, 3.63) is 59.7 Å². The Kier molecular flexibility index (Phi) is 9.65. The lowest BCUT2D eigenvalue weighted by atomic mass is 10.2. The van der Waals surface area contributed by atoms with E-state index in [1.54, 1.807) is 53.4 Å². The normalized spacial score (nSPS) is 12.8. The molecular weight excluding hydrogens is 448 g/mol. The van der Waals surface area contributed by atoms with Crippen molar-refractivity contribution in [2.75, 3.05) is 24.6 Å². The van der Waals surface area contributed by atoms with Crippen molar-refractivity contribution in [1.82, 2.24) is 16.2 Å². The number of ether oxygens (including phenoxy) is 1. The van der Waals surface area contributed by atoms with E-state index in [1.807, 2.05) is 0 Å². The molecule has 1 aliphatic heterocycles. The molecule has 2 aromatic carbocycles. The van der Waals surface area contributed by atoms with Crippen LogP contribution in [0, 0.1) is 0 Å². The molecule has 186 valence electrons. The van der Waals surface area contributed by atoms with Crippen LogP contribution >= 0.6 is 0 Å². The summed E-state index contributed by atoms with van der Waals surface area (Å²) in [5, 5.41) is 2.50. The van der Waals surface area contributed by atoms with Gasteiger partial charge in [0.2, 0.25) is 5.91 Å². The Morgan fingerprint density at radius 1 is 0.886 bits per heavy atom. The standard InChI is InChI=1S/C26H32N4O5/c1-2-3-4-5-17-35-22-14-10-20(11-15-22)26(34)29-28-23(31)18-27-25(33)19-8-12-21(13-9-19)30-16-6-7-24(30)32/h8-15H,2-7,16-18H2,1H3,(H,27,33)(H,28,31)(H,29,34). The second-order valence-electron chi connectivity index (χ2n) is 8.31. The number of hydrogen-bond acceptors (Lipinski definition) is 5. The zero-order valence-electron chi connectivity index (χ0n) is 20.0. The number of hydrogen-bond donors (Lipinski definition) is 3. The van der Waals surface area contributed by atoms with Gasteiger partial charge in [-0.05, 0) is 61.4 Å². The molecule has 1 aliphatic rings. The molecule has 3 N–H and O–H groups in total. The number of hydrazine groups is 1. The molecule has 1 fully saturated rings. The van der Waals surface area contributed by atoms with E-state index in [9.17, 15) is 19.2 Å². The van der Waals surface area contributed by atoms with Gasteiger partial charge in [-0.1, -0.05) is 26.2 Å². The maximum absolute atomic E-state index is 12.3. The lowest BCUT2D eigenvalue weighted by Gasteiger charge is -2.15. The molecule has 0 radical (unpaired) electrons. The highest BCUT2D eigenvalue weighted by molar-refractivity contribution is 5.99. The molecule has 0 spiro atoms. The molecule has 0 saturated carbocycles. The fraction of sp³-hybridized carbons (Fsp3) is 0.385. The molecule has 3 rings (SSSR count). The molecule has 9 nitrogen and oxygen atoms in total. The topological polar surface area (TPSA) is 117 Å². The van der Waals surface area contributed by atoms with Crippen LogP contribution in [0.2, 0.25) is 0 Å². The molecule has 35 heavy (non-hydrogen) atoms. The molecule has 0 bridgehead atoms. The molecule has 2 aromatic rings. The van der Waals surface area contributed by atoms with Crippen molar-refractivity contribution in [2.45, 2.75) is 45.4 Å². The van der Waals surface area contributed by atoms with Crippen LogP contribution in [0.3, 0.4) is 0 Å². The third-order valence-corrected chi connectivity index (χ3v) is 5.62. The summed E-state index contributed by atoms with van der Waals surface area (Å²) in [6, 6.07) is 13.3. The van der Waals surface area contributed by atoms with Gasteiger partial charge in [0.1, 0.15) is 5.75 Å². The molecule has 1 heterocycles. The Hall–Kier alpha value is -3.88. The Morgan fingerprint density at radius 3 is 2.23 bits per heavy atom. The Labute approximate surface area is 205 Å². The number of benzene rings is 2. The van der Waals surface area contributed by atoms with Crippen LogP contribution in [-0.2, 0) is 9.59 Å². The quantitative estimate of drug-likeness (QED) is 0.338. The minimum absolute atomic E-state index is 0.0722. The van der Waals surface area contributed by atoms with Crippen LogP contribution in [0.25, 0.3) is 0 Å². The van der Waals surface area contributed by atoms with Gasteiger partial charge in [-0.25, -0.2) is 0 Å². The SMILES string of the molecule is CCCCCCOc1ccc(C(=O)NNC(=O)CNC(=O)c2ccc(N3CCCC3=O)cc2)cc1. The predicted octanol–water partition coefficient (Wildman–Crippen LogP) is 2.96. The van der Waals surface area contributed by atoms with Crippen LogP contribution < -0.4 is 25.8 Å². The summed E-state index contributed by atoms with van der Waals surface area (Å²) >= 11 is 0. The molecule has 0 atom stereocenters. The third kappa shape index (κ3) is 7.84. The second-order valence-corrected chi connectivity index (χ2v) is 8.31. The largest absolute Gasteiger partial charge is 0.494 e. The summed E-state index contributed by atoms with van der Waals surface area (Å²) in [5.41, 5.74) is 6.08. The Morgan fingerprint density at radius 2 is 1.57 bits per heavy atom. The number of carbonyl (C=O) groups is 4. The van der Waals surface area contributed by atoms with Crippen molar-refractivity contribution in [3.8, 4) is 5.75 Å². The van der Waals surface area contributed by atoms with Gasteiger partial charge >= 0.3 is 0 Å². The van der Waals surface area contributed by atoms with Crippen molar-refractivity contribution < 1.29 is 23.9 Å². The van der Waals surface area contributed by atoms with Crippen molar-refractivity contribution in [1.29, 1.82) is 0 Å². The van der Waals surface area contributed by atoms with Crippen molar-refractivity contribution >= 4 is 29.3 Å². The van der Waals surface area contributed by atoms with Gasteiger partial charge in [0, 0.05) is 29.8 Å². The summed E-state index contributed by atoms with van der Waals surface area (Å²) in [7, 11) is 0. The van der Waals surface area contributed by atoms with E-state index in [-0.39, 0.29) is 12.5 Å². The summed E-state index contributed by atoms with van der Waals surface area (Å²) < 4.78 is 5.65. The van der Waals surface area contributed by atoms with E-state index >= 15 is 0 Å². The average Bonchev–Trinajstić information content (AvgIpc) is 3.32. The second kappa shape index (κ2) is 13.1. The van der Waals surface area contributed by atoms with E-state index in [0.29, 0.717) is 36.4 Å². The first-order valence-corrected chi connectivity index (χ1v) is 12.0. The number of nitrogens with one attached hydrogen (secondary N) is 3. The number of anilines is 1. The Balaban J connectivity index is 1.37. The van der Waals surface area contributed by atoms with Gasteiger partial charge in [0.05, 0.1) is 13.2 Å². The van der Waals surface area contributed by atoms with Gasteiger partial charge in [0.25, 0.3) is 17.7 Å². The first kappa shape index (κ1) is 25.7. The number of rotatable bonds is 11. The fourth-order valence-electron chi connectivity index (χ4n) is 3.64. The first-order chi connectivity index (χ1) is 17.0. The molecule has 4 amide bonds. The van der Waals surface area contributed by atoms with Crippen LogP contribution in [-0.4, -0.2) is 43.3 Å². The monoisotopic (exact) mass is 480 g/mol. The Bertz CT molecular complexity index is 1020. The first-order valence-electron chi connectivity index (χ1n) is 12.0. The number of amides is 4. The minimum Gasteiger partial charge on any atom is -0.494 e. The smallest absolute Gasteiger partial charge is 0.269 e. The summed E-state index contributed by atoms with van der Waals surface area (Å²) in [6.07, 6.45) is 5.84. The van der Waals surface area contributed by atoms with Gasteiger partial charge in [-0.15, -0.1) is 0 Å². The predicted molar refractivity (Wildman–Crippen MR) is 132 cm³/mol. The van der Waals surface area contributed by atoms with Crippen LogP contribution in [0.4, 0.5) is 5.69 Å². The number of nitrogens with zero attached hydrogens (tertiary/aromatic N) is 1. The van der Waals surface area contributed by atoms with E-state index in [0.717, 1.165) is 24.9 Å². The highest BCUT2D eigenvalue weighted by atomic mass is 16.5. The zero-order chi connectivity index (χ0) is 25.0. The maximum atomic E-state index is 12.3. The zero-order valence-corrected chi connectivity index (χ0v) is 20.0. The van der Waals surface area contributed by atoms with E-state index in [1.165, 1.54) is 12.8 Å².